The predicted octanol–water partition coefficient (Wildman–Crippen LogP) is 4.67. The van der Waals surface area contributed by atoms with Gasteiger partial charge < -0.3 is 0 Å². The van der Waals surface area contributed by atoms with E-state index < -0.39 is 0 Å². The highest BCUT2D eigenvalue weighted by Gasteiger charge is 2.30. The van der Waals surface area contributed by atoms with E-state index in [0.29, 0.717) is 0 Å². The van der Waals surface area contributed by atoms with Crippen LogP contribution < -0.4 is 0 Å². The van der Waals surface area contributed by atoms with Gasteiger partial charge in [-0.3, -0.25) is 4.98 Å². The van der Waals surface area contributed by atoms with Crippen LogP contribution in [0.15, 0.2) is 23.1 Å². The van der Waals surface area contributed by atoms with Crippen LogP contribution in [0, 0.1) is 13.8 Å². The van der Waals surface area contributed by atoms with E-state index in [1.165, 1.54) is 21.4 Å². The van der Waals surface area contributed by atoms with Crippen molar-refractivity contribution >= 4 is 45.9 Å². The molecule has 4 heteroatoms. The third-order valence-electron chi connectivity index (χ3n) is 3.43. The van der Waals surface area contributed by atoms with E-state index in [0.717, 1.165) is 17.6 Å². The summed E-state index contributed by atoms with van der Waals surface area (Å²) >= 11 is 13.9. The molecule has 0 bridgehead atoms. The first-order valence-corrected chi connectivity index (χ1v) is 7.67. The first-order chi connectivity index (χ1) is 8.58. The van der Waals surface area contributed by atoms with Crippen molar-refractivity contribution in [1.29, 1.82) is 0 Å². The van der Waals surface area contributed by atoms with Crippen LogP contribution >= 0.6 is 35.0 Å². The van der Waals surface area contributed by atoms with Crippen molar-refractivity contribution in [3.8, 4) is 0 Å². The molecule has 0 fully saturated rings. The summed E-state index contributed by atoms with van der Waals surface area (Å²) in [6.07, 6.45) is 0.917. The van der Waals surface area contributed by atoms with Crippen molar-refractivity contribution in [2.24, 2.45) is 0 Å². The van der Waals surface area contributed by atoms with Crippen molar-refractivity contribution in [3.05, 3.63) is 35.0 Å². The molecule has 3 rings (SSSR count). The number of thioether (sulfide) groups is 1. The standard InChI is InChI=1S/C14H13Cl2NS/c1-7-4-3-5-9-12(7)17-8(2)10-6-11(14(15)16)18-13(9)10/h3-5,11,14H,6H2,1-2H3/t11-/m0/s1. The van der Waals surface area contributed by atoms with E-state index in [4.69, 9.17) is 28.2 Å². The first-order valence-electron chi connectivity index (χ1n) is 5.91. The number of aryl methyl sites for hydroxylation is 2. The number of pyridine rings is 1. The molecule has 2 heterocycles. The van der Waals surface area contributed by atoms with Gasteiger partial charge in [-0.2, -0.15) is 0 Å². The molecule has 0 amide bonds. The second-order valence-electron chi connectivity index (χ2n) is 4.67. The molecule has 1 aromatic carbocycles. The zero-order valence-electron chi connectivity index (χ0n) is 10.2. The van der Waals surface area contributed by atoms with Crippen molar-refractivity contribution < 1.29 is 0 Å². The number of rotatable bonds is 1. The van der Waals surface area contributed by atoms with E-state index in [1.54, 1.807) is 11.8 Å². The van der Waals surface area contributed by atoms with Gasteiger partial charge in [0.1, 0.15) is 4.84 Å². The molecule has 0 saturated heterocycles. The van der Waals surface area contributed by atoms with Gasteiger partial charge in [-0.25, -0.2) is 0 Å². The molecular weight excluding hydrogens is 285 g/mol. The van der Waals surface area contributed by atoms with Crippen molar-refractivity contribution in [1.82, 2.24) is 4.98 Å². The lowest BCUT2D eigenvalue weighted by Gasteiger charge is -2.09. The molecular formula is C14H13Cl2NS. The summed E-state index contributed by atoms with van der Waals surface area (Å²) in [6, 6.07) is 6.33. The molecule has 1 aliphatic rings. The number of nitrogens with zero attached hydrogens (tertiary/aromatic N) is 1. The Morgan fingerprint density at radius 2 is 2.11 bits per heavy atom. The smallest absolute Gasteiger partial charge is 0.120 e. The van der Waals surface area contributed by atoms with Gasteiger partial charge in [0.05, 0.1) is 5.52 Å². The van der Waals surface area contributed by atoms with E-state index >= 15 is 0 Å². The SMILES string of the molecule is Cc1nc2c(C)cccc2c2c1C[C@@H](C(Cl)Cl)S2. The molecule has 18 heavy (non-hydrogen) atoms. The van der Waals surface area contributed by atoms with Crippen molar-refractivity contribution in [2.75, 3.05) is 0 Å². The van der Waals surface area contributed by atoms with Crippen LogP contribution in [-0.4, -0.2) is 15.1 Å². The normalized spacial score (nSPS) is 18.6. The van der Waals surface area contributed by atoms with Gasteiger partial charge in [-0.15, -0.1) is 35.0 Å². The minimum absolute atomic E-state index is 0.245. The second-order valence-corrected chi connectivity index (χ2v) is 7.08. The Bertz CT molecular complexity index is 625. The van der Waals surface area contributed by atoms with Crippen LogP contribution in [0.1, 0.15) is 16.8 Å². The summed E-state index contributed by atoms with van der Waals surface area (Å²) in [5.74, 6) is 0. The summed E-state index contributed by atoms with van der Waals surface area (Å²) in [4.78, 5) is 5.73. The molecule has 2 aromatic rings. The molecule has 0 unspecified atom stereocenters. The van der Waals surface area contributed by atoms with Crippen molar-refractivity contribution in [2.45, 2.75) is 35.2 Å². The minimum atomic E-state index is -0.332. The number of aromatic nitrogens is 1. The maximum atomic E-state index is 6.03. The highest BCUT2D eigenvalue weighted by atomic mass is 35.5. The van der Waals surface area contributed by atoms with Gasteiger partial charge in [0.25, 0.3) is 0 Å². The average molecular weight is 298 g/mol. The Balaban J connectivity index is 2.24. The fraction of sp³-hybridized carbons (Fsp3) is 0.357. The van der Waals surface area contributed by atoms with Crippen LogP contribution in [0.3, 0.4) is 0 Å². The zero-order valence-corrected chi connectivity index (χ0v) is 12.5. The van der Waals surface area contributed by atoms with E-state index in [1.807, 2.05) is 0 Å². The second kappa shape index (κ2) is 4.59. The summed E-state index contributed by atoms with van der Waals surface area (Å²) in [7, 11) is 0. The molecule has 0 N–H and O–H groups in total. The highest BCUT2D eigenvalue weighted by Crippen LogP contribution is 2.45. The third-order valence-corrected chi connectivity index (χ3v) is 5.78. The maximum Gasteiger partial charge on any atom is 0.120 e. The van der Waals surface area contributed by atoms with Gasteiger partial charge in [0.2, 0.25) is 0 Å². The van der Waals surface area contributed by atoms with E-state index in [9.17, 15) is 0 Å². The minimum Gasteiger partial charge on any atom is -0.252 e. The molecule has 1 aliphatic heterocycles. The number of hydrogen-bond donors (Lipinski definition) is 0. The molecule has 0 spiro atoms. The maximum absolute atomic E-state index is 6.03. The molecule has 0 radical (unpaired) electrons. The van der Waals surface area contributed by atoms with Crippen LogP contribution in [0.5, 0.6) is 0 Å². The predicted molar refractivity (Wildman–Crippen MR) is 80.1 cm³/mol. The van der Waals surface area contributed by atoms with Gasteiger partial charge in [0.15, 0.2) is 0 Å². The summed E-state index contributed by atoms with van der Waals surface area (Å²) < 4.78 is 0. The lowest BCUT2D eigenvalue weighted by molar-refractivity contribution is 0.912. The lowest BCUT2D eigenvalue weighted by atomic mass is 10.0. The molecule has 0 aliphatic carbocycles. The Labute approximate surface area is 121 Å². The third kappa shape index (κ3) is 1.91. The number of hydrogen-bond acceptors (Lipinski definition) is 2. The number of alkyl halides is 2. The van der Waals surface area contributed by atoms with E-state index in [-0.39, 0.29) is 10.1 Å². The van der Waals surface area contributed by atoms with Crippen LogP contribution in [0.2, 0.25) is 0 Å². The topological polar surface area (TPSA) is 12.9 Å². The van der Waals surface area contributed by atoms with Gasteiger partial charge >= 0.3 is 0 Å². The Morgan fingerprint density at radius 1 is 1.33 bits per heavy atom. The van der Waals surface area contributed by atoms with Crippen LogP contribution in [0.25, 0.3) is 10.9 Å². The molecule has 94 valence electrons. The summed E-state index contributed by atoms with van der Waals surface area (Å²) in [5, 5.41) is 1.48. The quantitative estimate of drug-likeness (QED) is 0.709. The lowest BCUT2D eigenvalue weighted by Crippen LogP contribution is -2.10. The number of benzene rings is 1. The van der Waals surface area contributed by atoms with E-state index in [2.05, 4.69) is 32.0 Å². The summed E-state index contributed by atoms with van der Waals surface area (Å²) in [6.45, 7) is 4.18. The Morgan fingerprint density at radius 3 is 2.83 bits per heavy atom. The van der Waals surface area contributed by atoms with Gasteiger partial charge in [-0.05, 0) is 31.4 Å². The molecule has 1 nitrogen and oxygen atoms in total. The van der Waals surface area contributed by atoms with Gasteiger partial charge in [0, 0.05) is 21.2 Å². The Kier molecular flexibility index (Phi) is 3.21. The monoisotopic (exact) mass is 297 g/mol. The average Bonchev–Trinajstić information content (AvgIpc) is 2.77. The van der Waals surface area contributed by atoms with Crippen LogP contribution in [0.4, 0.5) is 0 Å². The first kappa shape index (κ1) is 12.6. The molecule has 1 atom stereocenters. The van der Waals surface area contributed by atoms with Crippen LogP contribution in [-0.2, 0) is 6.42 Å². The van der Waals surface area contributed by atoms with Crippen molar-refractivity contribution in [3.63, 3.8) is 0 Å². The molecule has 1 aromatic heterocycles. The largest absolute Gasteiger partial charge is 0.252 e. The Hall–Kier alpha value is -0.440. The van der Waals surface area contributed by atoms with Gasteiger partial charge in [-0.1, -0.05) is 18.2 Å². The fourth-order valence-corrected chi connectivity index (χ4v) is 4.27. The zero-order chi connectivity index (χ0) is 12.9. The summed E-state index contributed by atoms with van der Waals surface area (Å²) in [5.41, 5.74) is 4.74. The molecule has 0 saturated carbocycles. The number of fused-ring (bicyclic) bond motifs is 3. The number of halogens is 2. The number of para-hydroxylation sites is 1. The fourth-order valence-electron chi connectivity index (χ4n) is 2.46. The highest BCUT2D eigenvalue weighted by molar-refractivity contribution is 8.00.